The van der Waals surface area contributed by atoms with Gasteiger partial charge in [-0.25, -0.2) is 17.3 Å². The van der Waals surface area contributed by atoms with Gasteiger partial charge in [0, 0.05) is 19.2 Å². The van der Waals surface area contributed by atoms with E-state index in [0.29, 0.717) is 34.6 Å². The summed E-state index contributed by atoms with van der Waals surface area (Å²) >= 11 is 0. The molecule has 2 heterocycles. The maximum atomic E-state index is 13.5. The smallest absolute Gasteiger partial charge is 0.255 e. The van der Waals surface area contributed by atoms with Crippen LogP contribution in [0.1, 0.15) is 54.4 Å². The van der Waals surface area contributed by atoms with Gasteiger partial charge >= 0.3 is 0 Å². The van der Waals surface area contributed by atoms with Crippen LogP contribution in [-0.2, 0) is 10.0 Å². The van der Waals surface area contributed by atoms with Crippen LogP contribution in [0.2, 0.25) is 0 Å². The fourth-order valence-electron chi connectivity index (χ4n) is 4.61. The maximum absolute atomic E-state index is 13.5. The van der Waals surface area contributed by atoms with Crippen LogP contribution >= 0.6 is 0 Å². The van der Waals surface area contributed by atoms with Gasteiger partial charge in [0.25, 0.3) is 5.91 Å². The Hall–Kier alpha value is -2.94. The third-order valence-corrected chi connectivity index (χ3v) is 7.36. The Morgan fingerprint density at radius 1 is 1.25 bits per heavy atom. The number of hydrogen-bond donors (Lipinski definition) is 1. The number of nitrogens with one attached hydrogen (secondary N) is 1. The van der Waals surface area contributed by atoms with E-state index >= 15 is 0 Å². The van der Waals surface area contributed by atoms with E-state index in [2.05, 4.69) is 10.4 Å². The molecular formula is C23H27FN4O3S. The molecule has 3 aromatic rings. The Kier molecular flexibility index (Phi) is 5.94. The minimum absolute atomic E-state index is 0.215. The van der Waals surface area contributed by atoms with E-state index in [0.717, 1.165) is 31.2 Å². The van der Waals surface area contributed by atoms with Crippen LogP contribution in [0.5, 0.6) is 0 Å². The second-order valence-electron chi connectivity index (χ2n) is 8.16. The standard InChI is InChI=1S/C23H27FN4O3S/c1-4-28(32(3,30)31)20-14-27-19(13-18(20)15-7-5-6-8-15)21(23(29)25-2)22(26-27)16-9-11-17(24)12-10-16/h9-15H,4-8H2,1-3H3,(H,25,29). The minimum atomic E-state index is -3.50. The molecule has 1 N–H and O–H groups in total. The molecule has 1 aromatic carbocycles. The predicted octanol–water partition coefficient (Wildman–Crippen LogP) is 3.94. The van der Waals surface area contributed by atoms with Gasteiger partial charge in [-0.15, -0.1) is 0 Å². The van der Waals surface area contributed by atoms with Gasteiger partial charge in [-0.2, -0.15) is 5.10 Å². The molecule has 7 nitrogen and oxygen atoms in total. The highest BCUT2D eigenvalue weighted by Gasteiger charge is 2.29. The number of sulfonamides is 1. The number of benzene rings is 1. The first-order valence-electron chi connectivity index (χ1n) is 10.8. The van der Waals surface area contributed by atoms with Crippen LogP contribution in [0.3, 0.4) is 0 Å². The zero-order valence-electron chi connectivity index (χ0n) is 18.4. The van der Waals surface area contributed by atoms with E-state index < -0.39 is 10.0 Å². The van der Waals surface area contributed by atoms with E-state index in [1.54, 1.807) is 36.8 Å². The van der Waals surface area contributed by atoms with Crippen molar-refractivity contribution in [3.05, 3.63) is 53.5 Å². The highest BCUT2D eigenvalue weighted by molar-refractivity contribution is 7.92. The molecule has 170 valence electrons. The van der Waals surface area contributed by atoms with E-state index in [-0.39, 0.29) is 17.6 Å². The molecule has 0 bridgehead atoms. The van der Waals surface area contributed by atoms with Crippen molar-refractivity contribution >= 4 is 27.1 Å². The van der Waals surface area contributed by atoms with Crippen LogP contribution < -0.4 is 9.62 Å². The average Bonchev–Trinajstić information content (AvgIpc) is 3.40. The molecule has 1 amide bonds. The Labute approximate surface area is 187 Å². The van der Waals surface area contributed by atoms with Gasteiger partial charge in [-0.05, 0) is 61.6 Å². The number of hydrogen-bond acceptors (Lipinski definition) is 4. The number of pyridine rings is 1. The largest absolute Gasteiger partial charge is 0.355 e. The molecule has 0 radical (unpaired) electrons. The molecule has 0 spiro atoms. The molecule has 32 heavy (non-hydrogen) atoms. The number of carbonyl (C=O) groups is 1. The number of rotatable bonds is 6. The lowest BCUT2D eigenvalue weighted by Crippen LogP contribution is -2.31. The summed E-state index contributed by atoms with van der Waals surface area (Å²) in [6.07, 6.45) is 7.01. The summed E-state index contributed by atoms with van der Waals surface area (Å²) in [5.74, 6) is -0.469. The number of anilines is 1. The third kappa shape index (κ3) is 3.97. The number of nitrogens with zero attached hydrogens (tertiary/aromatic N) is 3. The topological polar surface area (TPSA) is 83.8 Å². The van der Waals surface area contributed by atoms with Crippen LogP contribution in [0.4, 0.5) is 10.1 Å². The van der Waals surface area contributed by atoms with E-state index in [4.69, 9.17) is 0 Å². The van der Waals surface area contributed by atoms with Crippen molar-refractivity contribution in [1.82, 2.24) is 14.9 Å². The Morgan fingerprint density at radius 2 is 1.91 bits per heavy atom. The van der Waals surface area contributed by atoms with Gasteiger partial charge < -0.3 is 5.32 Å². The van der Waals surface area contributed by atoms with Gasteiger partial charge in [0.2, 0.25) is 10.0 Å². The summed E-state index contributed by atoms with van der Waals surface area (Å²) in [7, 11) is -1.95. The van der Waals surface area contributed by atoms with Crippen molar-refractivity contribution in [1.29, 1.82) is 0 Å². The monoisotopic (exact) mass is 458 g/mol. The molecule has 1 aliphatic rings. The number of carbonyl (C=O) groups excluding carboxylic acids is 1. The summed E-state index contributed by atoms with van der Waals surface area (Å²) in [4.78, 5) is 12.9. The third-order valence-electron chi connectivity index (χ3n) is 6.10. The predicted molar refractivity (Wildman–Crippen MR) is 123 cm³/mol. The molecule has 0 unspecified atom stereocenters. The van der Waals surface area contributed by atoms with Crippen molar-refractivity contribution in [2.45, 2.75) is 38.5 Å². The molecule has 4 rings (SSSR count). The van der Waals surface area contributed by atoms with Crippen LogP contribution in [0.25, 0.3) is 16.8 Å². The first kappa shape index (κ1) is 22.3. The van der Waals surface area contributed by atoms with Gasteiger partial charge in [0.05, 0.1) is 29.2 Å². The first-order valence-corrected chi connectivity index (χ1v) is 12.6. The summed E-state index contributed by atoms with van der Waals surface area (Å²) in [5, 5.41) is 7.29. The fraction of sp³-hybridized carbons (Fsp3) is 0.391. The maximum Gasteiger partial charge on any atom is 0.255 e. The second kappa shape index (κ2) is 8.54. The van der Waals surface area contributed by atoms with Gasteiger partial charge in [0.1, 0.15) is 11.5 Å². The Balaban J connectivity index is 2.02. The molecule has 0 aliphatic heterocycles. The molecule has 1 fully saturated rings. The highest BCUT2D eigenvalue weighted by atomic mass is 32.2. The fourth-order valence-corrected chi connectivity index (χ4v) is 5.59. The molecular weight excluding hydrogens is 431 g/mol. The number of fused-ring (bicyclic) bond motifs is 1. The first-order chi connectivity index (χ1) is 15.2. The normalized spacial score (nSPS) is 14.8. The van der Waals surface area contributed by atoms with Crippen molar-refractivity contribution in [2.24, 2.45) is 0 Å². The highest BCUT2D eigenvalue weighted by Crippen LogP contribution is 2.41. The summed E-state index contributed by atoms with van der Waals surface area (Å²) in [6.45, 7) is 2.09. The van der Waals surface area contributed by atoms with Crippen molar-refractivity contribution in [3.63, 3.8) is 0 Å². The lowest BCUT2D eigenvalue weighted by Gasteiger charge is -2.26. The summed E-state index contributed by atoms with van der Waals surface area (Å²) in [5.41, 5.74) is 3.50. The van der Waals surface area contributed by atoms with Crippen molar-refractivity contribution in [2.75, 3.05) is 24.2 Å². The van der Waals surface area contributed by atoms with Crippen LogP contribution in [0, 0.1) is 5.82 Å². The minimum Gasteiger partial charge on any atom is -0.355 e. The lowest BCUT2D eigenvalue weighted by molar-refractivity contribution is 0.0965. The molecule has 1 aliphatic carbocycles. The number of aromatic nitrogens is 2. The summed E-state index contributed by atoms with van der Waals surface area (Å²) < 4.78 is 41.5. The van der Waals surface area contributed by atoms with E-state index in [9.17, 15) is 17.6 Å². The van der Waals surface area contributed by atoms with Crippen molar-refractivity contribution < 1.29 is 17.6 Å². The van der Waals surface area contributed by atoms with Gasteiger partial charge in [-0.3, -0.25) is 9.10 Å². The number of amides is 1. The van der Waals surface area contributed by atoms with Crippen molar-refractivity contribution in [3.8, 4) is 11.3 Å². The van der Waals surface area contributed by atoms with E-state index in [1.807, 2.05) is 6.07 Å². The zero-order chi connectivity index (χ0) is 23.0. The SMILES string of the molecule is CCN(c1cn2nc(-c3ccc(F)cc3)c(C(=O)NC)c2cc1C1CCCC1)S(C)(=O)=O. The Bertz CT molecular complexity index is 1260. The van der Waals surface area contributed by atoms with Gasteiger partial charge in [-0.1, -0.05) is 12.8 Å². The second-order valence-corrected chi connectivity index (χ2v) is 10.1. The van der Waals surface area contributed by atoms with Crippen LogP contribution in [0.15, 0.2) is 36.5 Å². The molecule has 2 aromatic heterocycles. The lowest BCUT2D eigenvalue weighted by atomic mass is 9.95. The molecule has 1 saturated carbocycles. The molecule has 0 atom stereocenters. The number of halogens is 1. The molecule has 9 heteroatoms. The van der Waals surface area contributed by atoms with Gasteiger partial charge in [0.15, 0.2) is 0 Å². The zero-order valence-corrected chi connectivity index (χ0v) is 19.2. The van der Waals surface area contributed by atoms with Crippen LogP contribution in [-0.4, -0.2) is 43.8 Å². The molecule has 0 saturated heterocycles. The quantitative estimate of drug-likeness (QED) is 0.606. The van der Waals surface area contributed by atoms with E-state index in [1.165, 1.54) is 22.7 Å². The summed E-state index contributed by atoms with van der Waals surface area (Å²) in [6, 6.07) is 7.72. The average molecular weight is 459 g/mol. The Morgan fingerprint density at radius 3 is 2.47 bits per heavy atom.